The third-order valence-electron chi connectivity index (χ3n) is 5.44. The number of aryl methyl sites for hydroxylation is 1. The molecule has 1 aliphatic heterocycles. The maximum absolute atomic E-state index is 13.5. The second-order valence-corrected chi connectivity index (χ2v) is 9.73. The zero-order chi connectivity index (χ0) is 24.2. The van der Waals surface area contributed by atoms with Gasteiger partial charge in [-0.25, -0.2) is 8.42 Å². The van der Waals surface area contributed by atoms with Crippen LogP contribution in [0, 0.1) is 6.92 Å². The highest BCUT2D eigenvalue weighted by atomic mass is 32.2. The monoisotopic (exact) mass is 475 g/mol. The molecule has 1 N–H and O–H groups in total. The lowest BCUT2D eigenvalue weighted by molar-refractivity contribution is -0.139. The first-order chi connectivity index (χ1) is 15.6. The van der Waals surface area contributed by atoms with Crippen LogP contribution >= 0.6 is 0 Å². The average molecular weight is 476 g/mol. The molecule has 0 aliphatic carbocycles. The zero-order valence-corrected chi connectivity index (χ0v) is 20.0. The Kier molecular flexibility index (Phi) is 7.47. The number of rotatable bonds is 9. The molecular weight excluding hydrogens is 446 g/mol. The number of fused-ring (bicyclic) bond motifs is 1. The molecule has 1 atom stereocenters. The number of anilines is 1. The third kappa shape index (κ3) is 5.75. The van der Waals surface area contributed by atoms with Gasteiger partial charge in [-0.2, -0.15) is 0 Å². The molecule has 1 heterocycles. The van der Waals surface area contributed by atoms with Gasteiger partial charge < -0.3 is 19.7 Å². The molecular formula is C23H29N3O6S. The van der Waals surface area contributed by atoms with Crippen molar-refractivity contribution in [3.8, 4) is 11.5 Å². The Hall–Kier alpha value is -3.27. The number of benzene rings is 2. The Morgan fingerprint density at radius 3 is 2.48 bits per heavy atom. The van der Waals surface area contributed by atoms with E-state index >= 15 is 0 Å². The molecule has 0 bridgehead atoms. The summed E-state index contributed by atoms with van der Waals surface area (Å²) in [6, 6.07) is 11.4. The van der Waals surface area contributed by atoms with Crippen molar-refractivity contribution in [2.45, 2.75) is 33.4 Å². The van der Waals surface area contributed by atoms with Crippen molar-refractivity contribution in [1.82, 2.24) is 10.2 Å². The molecule has 1 aliphatic rings. The first-order valence-electron chi connectivity index (χ1n) is 10.6. The molecule has 0 saturated heterocycles. The van der Waals surface area contributed by atoms with Gasteiger partial charge in [-0.05, 0) is 44.0 Å². The van der Waals surface area contributed by atoms with Crippen molar-refractivity contribution in [1.29, 1.82) is 0 Å². The number of amides is 2. The fourth-order valence-corrected chi connectivity index (χ4v) is 4.37. The summed E-state index contributed by atoms with van der Waals surface area (Å²) in [5.41, 5.74) is 2.11. The molecule has 0 saturated carbocycles. The van der Waals surface area contributed by atoms with E-state index in [0.29, 0.717) is 18.0 Å². The van der Waals surface area contributed by atoms with Crippen molar-refractivity contribution in [2.75, 3.05) is 30.4 Å². The van der Waals surface area contributed by atoms with Crippen LogP contribution in [0.4, 0.5) is 5.69 Å². The van der Waals surface area contributed by atoms with Gasteiger partial charge in [-0.3, -0.25) is 13.9 Å². The molecule has 0 fully saturated rings. The van der Waals surface area contributed by atoms with E-state index in [4.69, 9.17) is 9.47 Å². The summed E-state index contributed by atoms with van der Waals surface area (Å²) in [4.78, 5) is 27.4. The van der Waals surface area contributed by atoms with E-state index in [2.05, 4.69) is 5.32 Å². The second-order valence-electron chi connectivity index (χ2n) is 7.83. The maximum atomic E-state index is 13.5. The molecule has 10 heteroatoms. The van der Waals surface area contributed by atoms with Gasteiger partial charge >= 0.3 is 0 Å². The van der Waals surface area contributed by atoms with Crippen LogP contribution in [0.5, 0.6) is 11.5 Å². The Labute approximate surface area is 194 Å². The summed E-state index contributed by atoms with van der Waals surface area (Å²) in [7, 11) is -3.81. The number of hydrogen-bond acceptors (Lipinski definition) is 6. The van der Waals surface area contributed by atoms with Gasteiger partial charge in [0.05, 0.1) is 11.9 Å². The smallest absolute Gasteiger partial charge is 0.244 e. The van der Waals surface area contributed by atoms with Crippen LogP contribution in [0.1, 0.15) is 25.0 Å². The van der Waals surface area contributed by atoms with Crippen LogP contribution in [0.15, 0.2) is 42.5 Å². The van der Waals surface area contributed by atoms with E-state index in [-0.39, 0.29) is 24.9 Å². The van der Waals surface area contributed by atoms with Crippen molar-refractivity contribution in [2.24, 2.45) is 0 Å². The molecule has 0 radical (unpaired) electrons. The van der Waals surface area contributed by atoms with Crippen LogP contribution < -0.4 is 19.1 Å². The highest BCUT2D eigenvalue weighted by Crippen LogP contribution is 2.36. The second kappa shape index (κ2) is 10.1. The molecule has 0 unspecified atom stereocenters. The Bertz CT molecular complexity index is 1130. The van der Waals surface area contributed by atoms with Gasteiger partial charge in [0, 0.05) is 19.2 Å². The largest absolute Gasteiger partial charge is 0.454 e. The lowest BCUT2D eigenvalue weighted by Crippen LogP contribution is -2.51. The van der Waals surface area contributed by atoms with Gasteiger partial charge in [0.1, 0.15) is 12.6 Å². The Morgan fingerprint density at radius 1 is 1.12 bits per heavy atom. The minimum atomic E-state index is -3.81. The van der Waals surface area contributed by atoms with Crippen LogP contribution in [0.2, 0.25) is 0 Å². The summed E-state index contributed by atoms with van der Waals surface area (Å²) in [6.45, 7) is 5.52. The Balaban J connectivity index is 1.92. The normalized spacial score (nSPS) is 13.3. The first-order valence-corrected chi connectivity index (χ1v) is 12.5. The topological polar surface area (TPSA) is 105 Å². The highest BCUT2D eigenvalue weighted by Gasteiger charge is 2.30. The van der Waals surface area contributed by atoms with Crippen molar-refractivity contribution in [3.63, 3.8) is 0 Å². The number of hydrogen-bond donors (Lipinski definition) is 1. The SMILES string of the molecule is CCNC(=O)[C@H](C)N(Cc1ccccc1C)C(=O)CN(c1ccc2c(c1)OCO2)S(C)(=O)=O. The van der Waals surface area contributed by atoms with Gasteiger partial charge in [-0.15, -0.1) is 0 Å². The minimum Gasteiger partial charge on any atom is -0.454 e. The zero-order valence-electron chi connectivity index (χ0n) is 19.2. The number of ether oxygens (including phenoxy) is 2. The van der Waals surface area contributed by atoms with Crippen molar-refractivity contribution >= 4 is 27.5 Å². The van der Waals surface area contributed by atoms with Gasteiger partial charge in [0.2, 0.25) is 28.6 Å². The van der Waals surface area contributed by atoms with E-state index in [0.717, 1.165) is 21.7 Å². The predicted molar refractivity (Wildman–Crippen MR) is 125 cm³/mol. The maximum Gasteiger partial charge on any atom is 0.244 e. The van der Waals surface area contributed by atoms with Gasteiger partial charge in [-0.1, -0.05) is 24.3 Å². The lowest BCUT2D eigenvalue weighted by atomic mass is 10.1. The quantitative estimate of drug-likeness (QED) is 0.595. The van der Waals surface area contributed by atoms with E-state index in [9.17, 15) is 18.0 Å². The van der Waals surface area contributed by atoms with Crippen molar-refractivity contribution in [3.05, 3.63) is 53.6 Å². The van der Waals surface area contributed by atoms with E-state index < -0.39 is 28.5 Å². The summed E-state index contributed by atoms with van der Waals surface area (Å²) >= 11 is 0. The van der Waals surface area contributed by atoms with Crippen molar-refractivity contribution < 1.29 is 27.5 Å². The van der Waals surface area contributed by atoms with Gasteiger partial charge in [0.25, 0.3) is 0 Å². The van der Waals surface area contributed by atoms with Gasteiger partial charge in [0.15, 0.2) is 11.5 Å². The minimum absolute atomic E-state index is 0.0465. The number of likely N-dealkylation sites (N-methyl/N-ethyl adjacent to an activating group) is 1. The predicted octanol–water partition coefficient (Wildman–Crippen LogP) is 2.04. The molecule has 0 spiro atoms. The van der Waals surface area contributed by atoms with Crippen LogP contribution in [0.25, 0.3) is 0 Å². The summed E-state index contributed by atoms with van der Waals surface area (Å²) in [5.74, 6) is 0.0964. The Morgan fingerprint density at radius 2 is 1.82 bits per heavy atom. The molecule has 9 nitrogen and oxygen atoms in total. The van der Waals surface area contributed by atoms with Crippen LogP contribution in [-0.4, -0.2) is 57.3 Å². The molecule has 2 amide bonds. The summed E-state index contributed by atoms with van der Waals surface area (Å²) in [5, 5.41) is 2.73. The first kappa shape index (κ1) is 24.4. The fourth-order valence-electron chi connectivity index (χ4n) is 3.53. The standard InChI is InChI=1S/C23H29N3O6S/c1-5-24-23(28)17(3)25(13-18-9-7-6-8-16(18)2)22(27)14-26(33(4,29)30)19-10-11-20-21(12-19)32-15-31-20/h6-12,17H,5,13-15H2,1-4H3,(H,24,28)/t17-/m0/s1. The molecule has 2 aromatic rings. The number of carbonyl (C=O) groups excluding carboxylic acids is 2. The van der Waals surface area contributed by atoms with E-state index in [1.165, 1.54) is 11.0 Å². The number of nitrogens with one attached hydrogen (secondary N) is 1. The summed E-state index contributed by atoms with van der Waals surface area (Å²) < 4.78 is 36.9. The average Bonchev–Trinajstić information content (AvgIpc) is 3.23. The van der Waals surface area contributed by atoms with Crippen LogP contribution in [0.3, 0.4) is 0 Å². The molecule has 2 aromatic carbocycles. The molecule has 178 valence electrons. The van der Waals surface area contributed by atoms with E-state index in [1.54, 1.807) is 26.0 Å². The molecule has 33 heavy (non-hydrogen) atoms. The number of carbonyl (C=O) groups is 2. The summed E-state index contributed by atoms with van der Waals surface area (Å²) in [6.07, 6.45) is 1.03. The number of sulfonamides is 1. The molecule has 0 aromatic heterocycles. The highest BCUT2D eigenvalue weighted by molar-refractivity contribution is 7.92. The molecule has 3 rings (SSSR count). The number of nitrogens with zero attached hydrogens (tertiary/aromatic N) is 2. The lowest BCUT2D eigenvalue weighted by Gasteiger charge is -2.31. The third-order valence-corrected chi connectivity index (χ3v) is 6.58. The fraction of sp³-hybridized carbons (Fsp3) is 0.391. The van der Waals surface area contributed by atoms with Crippen LogP contribution in [-0.2, 0) is 26.2 Å². The van der Waals surface area contributed by atoms with E-state index in [1.807, 2.05) is 31.2 Å².